The van der Waals surface area contributed by atoms with Crippen LogP contribution in [-0.4, -0.2) is 66.5 Å². The van der Waals surface area contributed by atoms with Crippen molar-refractivity contribution in [1.29, 1.82) is 0 Å². The van der Waals surface area contributed by atoms with E-state index in [1.807, 2.05) is 29.1 Å². The molecule has 4 aromatic rings. The van der Waals surface area contributed by atoms with Crippen LogP contribution < -0.4 is 30.7 Å². The summed E-state index contributed by atoms with van der Waals surface area (Å²) in [5.74, 6) is 3.06. The van der Waals surface area contributed by atoms with Gasteiger partial charge >= 0.3 is 0 Å². The summed E-state index contributed by atoms with van der Waals surface area (Å²) in [6, 6.07) is 14.2. The first-order valence-corrected chi connectivity index (χ1v) is 15.7. The largest absolute Gasteiger partial charge is 0.497 e. The number of hydrogen-bond acceptors (Lipinski definition) is 10. The Labute approximate surface area is 262 Å². The van der Waals surface area contributed by atoms with Crippen molar-refractivity contribution >= 4 is 23.2 Å². The molecule has 12 nitrogen and oxygen atoms in total. The van der Waals surface area contributed by atoms with Crippen molar-refractivity contribution < 1.29 is 14.2 Å². The number of aromatic nitrogens is 4. The Bertz CT molecular complexity index is 1640. The fraction of sp³-hybridized carbons (Fsp3) is 0.424. The maximum Gasteiger partial charge on any atom is 0.203 e. The Hall–Kier alpha value is -4.55. The summed E-state index contributed by atoms with van der Waals surface area (Å²) in [5.41, 5.74) is 12.0. The minimum absolute atomic E-state index is 0.152. The van der Waals surface area contributed by atoms with E-state index >= 15 is 0 Å². The number of nitrogens with zero attached hydrogens (tertiary/aromatic N) is 5. The second-order valence-corrected chi connectivity index (χ2v) is 11.9. The lowest BCUT2D eigenvalue weighted by Gasteiger charge is -2.40. The van der Waals surface area contributed by atoms with Gasteiger partial charge in [0.1, 0.15) is 28.7 Å². The normalized spacial score (nSPS) is 20.2. The fourth-order valence-corrected chi connectivity index (χ4v) is 6.78. The molecular weight excluding hydrogens is 570 g/mol. The van der Waals surface area contributed by atoms with E-state index in [1.54, 1.807) is 20.4 Å². The maximum absolute atomic E-state index is 7.52. The number of guanidine groups is 1. The van der Waals surface area contributed by atoms with Crippen LogP contribution in [0.2, 0.25) is 0 Å². The minimum atomic E-state index is -1.00. The lowest BCUT2D eigenvalue weighted by molar-refractivity contribution is 0.122. The Kier molecular flexibility index (Phi) is 8.07. The summed E-state index contributed by atoms with van der Waals surface area (Å²) < 4.78 is 18.8. The van der Waals surface area contributed by atoms with Crippen LogP contribution in [0.1, 0.15) is 43.2 Å². The van der Waals surface area contributed by atoms with Crippen molar-refractivity contribution in [3.63, 3.8) is 0 Å². The monoisotopic (exact) mass is 611 g/mol. The predicted octanol–water partition coefficient (Wildman–Crippen LogP) is 4.76. The van der Waals surface area contributed by atoms with Crippen molar-refractivity contribution in [3.8, 4) is 22.8 Å². The zero-order valence-corrected chi connectivity index (χ0v) is 25.9. The maximum atomic E-state index is 7.52. The molecule has 236 valence electrons. The van der Waals surface area contributed by atoms with Crippen LogP contribution in [0.4, 0.5) is 17.2 Å². The molecule has 1 saturated heterocycles. The van der Waals surface area contributed by atoms with Crippen LogP contribution in [0.15, 0.2) is 59.9 Å². The summed E-state index contributed by atoms with van der Waals surface area (Å²) in [4.78, 5) is 7.57. The number of aromatic amines is 1. The van der Waals surface area contributed by atoms with Gasteiger partial charge < -0.3 is 35.5 Å². The van der Waals surface area contributed by atoms with Crippen molar-refractivity contribution in [2.45, 2.75) is 44.3 Å². The predicted molar refractivity (Wildman–Crippen MR) is 175 cm³/mol. The number of methoxy groups -OCH3 is 2. The van der Waals surface area contributed by atoms with Gasteiger partial charge in [-0.2, -0.15) is 10.2 Å². The van der Waals surface area contributed by atoms with E-state index in [2.05, 4.69) is 50.0 Å². The molecule has 1 atom stereocenters. The molecule has 2 aromatic carbocycles. The van der Waals surface area contributed by atoms with Gasteiger partial charge in [-0.15, -0.1) is 0 Å². The van der Waals surface area contributed by atoms with E-state index in [1.165, 1.54) is 6.42 Å². The molecule has 1 saturated carbocycles. The molecule has 5 N–H and O–H groups in total. The highest BCUT2D eigenvalue weighted by atomic mass is 16.5. The summed E-state index contributed by atoms with van der Waals surface area (Å²) in [6.45, 7) is 3.66. The number of rotatable bonds is 8. The fourth-order valence-electron chi connectivity index (χ4n) is 6.78. The number of aliphatic imine (C=N–C) groups is 1. The van der Waals surface area contributed by atoms with Crippen LogP contribution in [-0.2, 0) is 16.9 Å². The molecule has 0 spiro atoms. The summed E-state index contributed by atoms with van der Waals surface area (Å²) in [6.07, 6.45) is 9.12. The highest BCUT2D eigenvalue weighted by Crippen LogP contribution is 2.47. The van der Waals surface area contributed by atoms with Gasteiger partial charge in [0.2, 0.25) is 5.96 Å². The third kappa shape index (κ3) is 5.71. The van der Waals surface area contributed by atoms with Crippen molar-refractivity contribution in [1.82, 2.24) is 20.0 Å². The first-order valence-electron chi connectivity index (χ1n) is 15.7. The van der Waals surface area contributed by atoms with Crippen LogP contribution in [0.3, 0.4) is 0 Å². The molecule has 0 amide bonds. The van der Waals surface area contributed by atoms with Crippen LogP contribution >= 0.6 is 0 Å². The van der Waals surface area contributed by atoms with Gasteiger partial charge in [0.15, 0.2) is 0 Å². The number of nitrogens with two attached hydrogens (primary N) is 1. The molecule has 4 heterocycles. The van der Waals surface area contributed by atoms with E-state index in [9.17, 15) is 0 Å². The lowest BCUT2D eigenvalue weighted by atomic mass is 9.76. The van der Waals surface area contributed by atoms with Gasteiger partial charge in [0.25, 0.3) is 0 Å². The van der Waals surface area contributed by atoms with Gasteiger partial charge in [0, 0.05) is 42.5 Å². The highest BCUT2D eigenvalue weighted by Gasteiger charge is 2.46. The Morgan fingerprint density at radius 2 is 1.84 bits per heavy atom. The SMILES string of the molecule is COc1ccc(Cn2nc(-c3cn[nH]c3)c3c2NC(Nc2ccc(N4CCOCC4)cc2OC)=NC3(N)C2CCCCC2)cc1. The van der Waals surface area contributed by atoms with Gasteiger partial charge in [-0.3, -0.25) is 5.10 Å². The Morgan fingerprint density at radius 1 is 1.04 bits per heavy atom. The molecule has 2 aromatic heterocycles. The Morgan fingerprint density at radius 3 is 2.56 bits per heavy atom. The van der Waals surface area contributed by atoms with Gasteiger partial charge in [-0.25, -0.2) is 9.67 Å². The first-order chi connectivity index (χ1) is 22.1. The average Bonchev–Trinajstić information content (AvgIpc) is 3.75. The molecular formula is C33H41N9O3. The topological polar surface area (TPSA) is 140 Å². The molecule has 2 fully saturated rings. The third-order valence-corrected chi connectivity index (χ3v) is 9.19. The summed E-state index contributed by atoms with van der Waals surface area (Å²) in [7, 11) is 3.36. The zero-order valence-electron chi connectivity index (χ0n) is 25.9. The van der Waals surface area contributed by atoms with Crippen molar-refractivity contribution in [2.75, 3.05) is 56.1 Å². The number of morpholine rings is 1. The average molecular weight is 612 g/mol. The van der Waals surface area contributed by atoms with E-state index in [0.717, 1.165) is 103 Å². The van der Waals surface area contributed by atoms with E-state index in [-0.39, 0.29) is 5.92 Å². The number of nitrogens with one attached hydrogen (secondary N) is 3. The second-order valence-electron chi connectivity index (χ2n) is 11.9. The highest BCUT2D eigenvalue weighted by molar-refractivity contribution is 6.06. The Balaban J connectivity index is 1.29. The molecule has 2 aliphatic heterocycles. The van der Waals surface area contributed by atoms with Gasteiger partial charge in [-0.1, -0.05) is 31.4 Å². The second kappa shape index (κ2) is 12.4. The van der Waals surface area contributed by atoms with E-state index in [0.29, 0.717) is 12.5 Å². The molecule has 45 heavy (non-hydrogen) atoms. The number of anilines is 3. The van der Waals surface area contributed by atoms with Crippen molar-refractivity contribution in [2.24, 2.45) is 16.6 Å². The third-order valence-electron chi connectivity index (χ3n) is 9.19. The molecule has 1 aliphatic carbocycles. The molecule has 0 bridgehead atoms. The quantitative estimate of drug-likeness (QED) is 0.222. The van der Waals surface area contributed by atoms with Crippen molar-refractivity contribution in [3.05, 3.63) is 66.0 Å². The molecule has 1 unspecified atom stereocenters. The van der Waals surface area contributed by atoms with Crippen LogP contribution in [0.5, 0.6) is 11.5 Å². The molecule has 7 rings (SSSR count). The number of hydrogen-bond donors (Lipinski definition) is 4. The van der Waals surface area contributed by atoms with E-state index < -0.39 is 5.66 Å². The molecule has 3 aliphatic rings. The molecule has 12 heteroatoms. The summed E-state index contributed by atoms with van der Waals surface area (Å²) in [5, 5.41) is 19.4. The minimum Gasteiger partial charge on any atom is -0.497 e. The van der Waals surface area contributed by atoms with Crippen LogP contribution in [0.25, 0.3) is 11.3 Å². The number of ether oxygens (including phenoxy) is 3. The number of H-pyrrole nitrogens is 1. The van der Waals surface area contributed by atoms with Gasteiger partial charge in [0.05, 0.1) is 51.4 Å². The summed E-state index contributed by atoms with van der Waals surface area (Å²) >= 11 is 0. The number of fused-ring (bicyclic) bond motifs is 1. The van der Waals surface area contributed by atoms with Crippen LogP contribution in [0, 0.1) is 5.92 Å². The standard InChI is InChI=1S/C33H41N9O3/c1-43-26-11-8-22(9-12-26)21-42-31-29(30(40-42)23-19-35-36-20-23)33(34,24-6-4-3-5-7-24)39-32(38-31)37-27-13-10-25(18-28(27)44-2)41-14-16-45-17-15-41/h8-13,18-20,24H,3-7,14-17,21,34H2,1-2H3,(H,35,36)(H2,37,38,39). The lowest BCUT2D eigenvalue weighted by Crippen LogP contribution is -2.49. The zero-order chi connectivity index (χ0) is 30.8. The van der Waals surface area contributed by atoms with E-state index in [4.69, 9.17) is 30.0 Å². The number of benzene rings is 2. The smallest absolute Gasteiger partial charge is 0.203 e. The van der Waals surface area contributed by atoms with Gasteiger partial charge in [-0.05, 0) is 42.7 Å². The molecule has 0 radical (unpaired) electrons. The first kappa shape index (κ1) is 29.2.